The maximum absolute atomic E-state index is 11.8. The van der Waals surface area contributed by atoms with Crippen molar-refractivity contribution in [3.63, 3.8) is 0 Å². The monoisotopic (exact) mass is 332 g/mol. The number of H-pyrrole nitrogens is 1. The van der Waals surface area contributed by atoms with Crippen LogP contribution in [-0.2, 0) is 6.42 Å². The van der Waals surface area contributed by atoms with Crippen LogP contribution in [0.2, 0.25) is 0 Å². The Morgan fingerprint density at radius 2 is 2.12 bits per heavy atom. The number of hydrogen-bond donors (Lipinski definition) is 3. The van der Waals surface area contributed by atoms with E-state index in [9.17, 15) is 14.7 Å². The van der Waals surface area contributed by atoms with Crippen molar-refractivity contribution in [2.24, 2.45) is 0 Å². The summed E-state index contributed by atoms with van der Waals surface area (Å²) in [6.45, 7) is 1.91. The van der Waals surface area contributed by atoms with E-state index < -0.39 is 11.9 Å². The fourth-order valence-electron chi connectivity index (χ4n) is 2.63. The number of hydrogen-bond acceptors (Lipinski definition) is 4. The average Bonchev–Trinajstić information content (AvgIpc) is 3.07. The van der Waals surface area contributed by atoms with Gasteiger partial charge in [-0.05, 0) is 30.7 Å². The minimum Gasteiger partial charge on any atom is -1.00 e. The first-order valence-electron chi connectivity index (χ1n) is 7.37. The number of carboxylic acids is 1. The molecule has 7 nitrogen and oxygen atoms in total. The molecule has 0 unspecified atom stereocenters. The van der Waals surface area contributed by atoms with E-state index in [2.05, 4.69) is 20.3 Å². The van der Waals surface area contributed by atoms with Crippen molar-refractivity contribution in [2.45, 2.75) is 13.3 Å². The smallest absolute Gasteiger partial charge is 1.00 e. The first-order valence-corrected chi connectivity index (χ1v) is 7.37. The number of fused-ring (bicyclic) bond motifs is 1. The first-order chi connectivity index (χ1) is 11.5. The van der Waals surface area contributed by atoms with Crippen LogP contribution in [0, 0.1) is 6.92 Å². The Kier molecular flexibility index (Phi) is 5.62. The van der Waals surface area contributed by atoms with Crippen molar-refractivity contribution in [1.82, 2.24) is 20.3 Å². The van der Waals surface area contributed by atoms with Crippen LogP contribution in [0.15, 0.2) is 30.6 Å². The van der Waals surface area contributed by atoms with Crippen LogP contribution >= 0.6 is 0 Å². The van der Waals surface area contributed by atoms with E-state index in [1.165, 1.54) is 19.2 Å². The van der Waals surface area contributed by atoms with Crippen LogP contribution in [0.25, 0.3) is 10.9 Å². The quantitative estimate of drug-likeness (QED) is 0.533. The second-order valence-electron chi connectivity index (χ2n) is 5.43. The molecule has 0 aliphatic rings. The summed E-state index contributed by atoms with van der Waals surface area (Å²) < 4.78 is 0. The molecule has 3 aromatic rings. The van der Waals surface area contributed by atoms with Gasteiger partial charge in [0.2, 0.25) is 0 Å². The minimum atomic E-state index is -1.10. The van der Waals surface area contributed by atoms with Gasteiger partial charge in [-0.3, -0.25) is 9.78 Å². The number of nitrogens with zero attached hydrogens (tertiary/aromatic N) is 2. The van der Waals surface area contributed by atoms with Gasteiger partial charge in [0.1, 0.15) is 5.69 Å². The van der Waals surface area contributed by atoms with E-state index in [-0.39, 0.29) is 31.5 Å². The SMILES string of the molecule is CNC(=O)c1cc(C(=O)O)cc(Cc2cnc(C)c3[nH]ccc23)n1.[H-].[Li+]. The van der Waals surface area contributed by atoms with E-state index >= 15 is 0 Å². The number of aryl methyl sites for hydroxylation is 1. The van der Waals surface area contributed by atoms with Crippen molar-refractivity contribution in [1.29, 1.82) is 0 Å². The average molecular weight is 332 g/mol. The van der Waals surface area contributed by atoms with Crippen LogP contribution in [0.4, 0.5) is 0 Å². The Labute approximate surface area is 157 Å². The summed E-state index contributed by atoms with van der Waals surface area (Å²) in [6, 6.07) is 4.69. The van der Waals surface area contributed by atoms with Gasteiger partial charge in [-0.1, -0.05) is 0 Å². The molecule has 0 atom stereocenters. The Bertz CT molecular complexity index is 958. The number of aromatic carboxylic acids is 1. The van der Waals surface area contributed by atoms with Gasteiger partial charge in [0.15, 0.2) is 0 Å². The molecule has 3 rings (SSSR count). The number of carboxylic acid groups (broad SMARTS) is 1. The summed E-state index contributed by atoms with van der Waals surface area (Å²) >= 11 is 0. The van der Waals surface area contributed by atoms with Crippen LogP contribution in [0.1, 0.15) is 39.2 Å². The van der Waals surface area contributed by atoms with Crippen molar-refractivity contribution < 1.29 is 35.0 Å². The van der Waals surface area contributed by atoms with Crippen molar-refractivity contribution in [2.75, 3.05) is 7.05 Å². The van der Waals surface area contributed by atoms with Crippen LogP contribution in [0.3, 0.4) is 0 Å². The molecule has 0 aliphatic carbocycles. The first kappa shape index (κ1) is 18.7. The van der Waals surface area contributed by atoms with E-state index in [0.29, 0.717) is 12.1 Å². The minimum absolute atomic E-state index is 0. The molecule has 25 heavy (non-hydrogen) atoms. The topological polar surface area (TPSA) is 108 Å². The van der Waals surface area contributed by atoms with Gasteiger partial charge in [0.25, 0.3) is 5.91 Å². The molecule has 0 saturated heterocycles. The van der Waals surface area contributed by atoms with Gasteiger partial charge in [-0.15, -0.1) is 0 Å². The second kappa shape index (κ2) is 7.51. The normalized spacial score (nSPS) is 10.3. The third-order valence-corrected chi connectivity index (χ3v) is 3.83. The zero-order valence-corrected chi connectivity index (χ0v) is 14.3. The second-order valence-corrected chi connectivity index (χ2v) is 5.43. The zero-order valence-electron chi connectivity index (χ0n) is 15.3. The van der Waals surface area contributed by atoms with Crippen molar-refractivity contribution in [3.05, 3.63) is 58.8 Å². The third-order valence-electron chi connectivity index (χ3n) is 3.83. The number of carbonyl (C=O) groups excluding carboxylic acids is 1. The molecule has 0 aromatic carbocycles. The molecule has 0 fully saturated rings. The molecule has 1 amide bonds. The fraction of sp³-hybridized carbons (Fsp3) is 0.176. The molecule has 0 radical (unpaired) electrons. The van der Waals surface area contributed by atoms with E-state index in [1.54, 1.807) is 6.20 Å². The fourth-order valence-corrected chi connectivity index (χ4v) is 2.63. The number of amides is 1. The maximum Gasteiger partial charge on any atom is 1.00 e. The Morgan fingerprint density at radius 3 is 2.80 bits per heavy atom. The summed E-state index contributed by atoms with van der Waals surface area (Å²) in [5, 5.41) is 12.7. The van der Waals surface area contributed by atoms with E-state index in [4.69, 9.17) is 0 Å². The van der Waals surface area contributed by atoms with Gasteiger partial charge in [0, 0.05) is 36.9 Å². The maximum atomic E-state index is 11.8. The van der Waals surface area contributed by atoms with E-state index in [1.807, 2.05) is 19.2 Å². The van der Waals surface area contributed by atoms with Crippen molar-refractivity contribution >= 4 is 22.8 Å². The predicted molar refractivity (Wildman–Crippen MR) is 89.3 cm³/mol. The largest absolute Gasteiger partial charge is 1.00 e. The van der Waals surface area contributed by atoms with Crippen LogP contribution in [-0.4, -0.2) is 39.0 Å². The molecule has 3 aromatic heterocycles. The summed E-state index contributed by atoms with van der Waals surface area (Å²) in [6.07, 6.45) is 3.97. The number of pyridine rings is 2. The Balaban J connectivity index is 0.00000169. The molecule has 0 saturated carbocycles. The Hall–Kier alpha value is -2.62. The predicted octanol–water partition coefficient (Wildman–Crippen LogP) is -0.969. The molecule has 0 spiro atoms. The van der Waals surface area contributed by atoms with Gasteiger partial charge in [-0.25, -0.2) is 9.78 Å². The molecule has 0 aliphatic heterocycles. The number of carbonyl (C=O) groups is 2. The molecular formula is C17H17LiN4O3. The van der Waals surface area contributed by atoms with Gasteiger partial charge in [-0.2, -0.15) is 0 Å². The molecule has 3 N–H and O–H groups in total. The molecule has 0 bridgehead atoms. The summed E-state index contributed by atoms with van der Waals surface area (Å²) in [4.78, 5) is 34.9. The van der Waals surface area contributed by atoms with Gasteiger partial charge in [0.05, 0.1) is 16.8 Å². The molecular weight excluding hydrogens is 315 g/mol. The van der Waals surface area contributed by atoms with Crippen LogP contribution in [0.5, 0.6) is 0 Å². The number of nitrogens with one attached hydrogen (secondary N) is 2. The summed E-state index contributed by atoms with van der Waals surface area (Å²) in [7, 11) is 1.48. The molecule has 3 heterocycles. The summed E-state index contributed by atoms with van der Waals surface area (Å²) in [5.41, 5.74) is 3.35. The number of aromatic nitrogens is 3. The van der Waals surface area contributed by atoms with E-state index in [0.717, 1.165) is 22.2 Å². The van der Waals surface area contributed by atoms with Gasteiger partial charge < -0.3 is 16.8 Å². The molecule has 124 valence electrons. The Morgan fingerprint density at radius 1 is 1.36 bits per heavy atom. The van der Waals surface area contributed by atoms with Crippen molar-refractivity contribution in [3.8, 4) is 0 Å². The molecule has 8 heteroatoms. The third kappa shape index (κ3) is 3.73. The zero-order chi connectivity index (χ0) is 17.3. The van der Waals surface area contributed by atoms with Gasteiger partial charge >= 0.3 is 24.8 Å². The number of rotatable bonds is 4. The number of aromatic amines is 1. The summed E-state index contributed by atoms with van der Waals surface area (Å²) in [5.74, 6) is -1.52. The van der Waals surface area contributed by atoms with Crippen LogP contribution < -0.4 is 24.2 Å². The standard InChI is InChI=1S/C17H16N4O3.Li.H/c1-9-15-13(3-4-19-15)11(8-20-9)6-12-5-10(17(23)24)7-14(21-12)16(22)18-2;;/h3-5,7-8,19H,6H2,1-2H3,(H,18,22)(H,23,24);;/q;+1;-1.